The van der Waals surface area contributed by atoms with E-state index in [2.05, 4.69) is 37.7 Å². The number of alkyl halides is 1. The molecule has 0 aliphatic carbocycles. The van der Waals surface area contributed by atoms with Gasteiger partial charge in [0, 0.05) is 17.9 Å². The zero-order valence-electron chi connectivity index (χ0n) is 9.86. The van der Waals surface area contributed by atoms with Gasteiger partial charge in [-0.2, -0.15) is 4.98 Å². The third-order valence-electron chi connectivity index (χ3n) is 3.20. The molecule has 17 heavy (non-hydrogen) atoms. The van der Waals surface area contributed by atoms with Crippen LogP contribution in [-0.4, -0.2) is 35.0 Å². The lowest BCUT2D eigenvalue weighted by molar-refractivity contribution is 0.379. The van der Waals surface area contributed by atoms with E-state index in [9.17, 15) is 0 Å². The molecular formula is C11H15BrClN3O. The predicted molar refractivity (Wildman–Crippen MR) is 72.3 cm³/mol. The summed E-state index contributed by atoms with van der Waals surface area (Å²) in [4.78, 5) is 10.6. The van der Waals surface area contributed by atoms with E-state index in [1.54, 1.807) is 13.3 Å². The minimum atomic E-state index is 0.359. The molecule has 4 nitrogen and oxygen atoms in total. The molecule has 2 atom stereocenters. The third kappa shape index (κ3) is 2.50. The average molecular weight is 321 g/mol. The van der Waals surface area contributed by atoms with Crippen LogP contribution in [0.5, 0.6) is 6.01 Å². The lowest BCUT2D eigenvalue weighted by atomic mass is 10.1. The minimum absolute atomic E-state index is 0.359. The molecule has 1 fully saturated rings. The van der Waals surface area contributed by atoms with E-state index < -0.39 is 0 Å². The number of nitrogens with zero attached hydrogens (tertiary/aromatic N) is 3. The first-order valence-electron chi connectivity index (χ1n) is 5.56. The second-order valence-corrected chi connectivity index (χ2v) is 5.26. The maximum Gasteiger partial charge on any atom is 0.318 e. The Morgan fingerprint density at radius 2 is 2.41 bits per heavy atom. The van der Waals surface area contributed by atoms with E-state index in [1.165, 1.54) is 0 Å². The highest BCUT2D eigenvalue weighted by molar-refractivity contribution is 9.09. The minimum Gasteiger partial charge on any atom is -0.467 e. The highest BCUT2D eigenvalue weighted by atomic mass is 79.9. The maximum absolute atomic E-state index is 6.17. The van der Waals surface area contributed by atoms with Crippen molar-refractivity contribution >= 4 is 33.3 Å². The molecule has 1 aliphatic heterocycles. The predicted octanol–water partition coefficient (Wildman–Crippen LogP) is 2.75. The smallest absolute Gasteiger partial charge is 0.318 e. The first-order chi connectivity index (χ1) is 8.17. The lowest BCUT2D eigenvalue weighted by Gasteiger charge is -2.26. The molecule has 94 valence electrons. The molecule has 6 heteroatoms. The first-order valence-corrected chi connectivity index (χ1v) is 7.06. The van der Waals surface area contributed by atoms with Crippen molar-refractivity contribution < 1.29 is 4.74 Å². The second kappa shape index (κ2) is 5.40. The van der Waals surface area contributed by atoms with Gasteiger partial charge in [0.15, 0.2) is 5.82 Å². The Morgan fingerprint density at radius 1 is 1.65 bits per heavy atom. The van der Waals surface area contributed by atoms with Gasteiger partial charge in [-0.15, -0.1) is 0 Å². The van der Waals surface area contributed by atoms with Crippen molar-refractivity contribution in [2.45, 2.75) is 19.4 Å². The lowest BCUT2D eigenvalue weighted by Crippen LogP contribution is -2.34. The SMILES string of the molecule is COc1ncc(Cl)c(N2CCC(C)C2CBr)n1. The quantitative estimate of drug-likeness (QED) is 0.803. The van der Waals surface area contributed by atoms with Gasteiger partial charge in [-0.25, -0.2) is 4.98 Å². The van der Waals surface area contributed by atoms with Crippen molar-refractivity contribution in [1.82, 2.24) is 9.97 Å². The van der Waals surface area contributed by atoms with Gasteiger partial charge in [0.1, 0.15) is 5.02 Å². The topological polar surface area (TPSA) is 38.2 Å². The molecule has 0 spiro atoms. The number of halogens is 2. The van der Waals surface area contributed by atoms with Crippen LogP contribution < -0.4 is 9.64 Å². The van der Waals surface area contributed by atoms with Crippen LogP contribution >= 0.6 is 27.5 Å². The first kappa shape index (κ1) is 12.9. The summed E-state index contributed by atoms with van der Waals surface area (Å²) >= 11 is 9.72. The van der Waals surface area contributed by atoms with E-state index in [4.69, 9.17) is 16.3 Å². The number of methoxy groups -OCH3 is 1. The Hall–Kier alpha value is -0.550. The van der Waals surface area contributed by atoms with Crippen molar-refractivity contribution in [1.29, 1.82) is 0 Å². The molecule has 1 aliphatic rings. The molecule has 0 radical (unpaired) electrons. The number of aromatic nitrogens is 2. The van der Waals surface area contributed by atoms with Crippen LogP contribution in [0.1, 0.15) is 13.3 Å². The molecule has 1 aromatic rings. The number of hydrogen-bond donors (Lipinski definition) is 0. The van der Waals surface area contributed by atoms with Gasteiger partial charge in [0.2, 0.25) is 0 Å². The van der Waals surface area contributed by atoms with Crippen molar-refractivity contribution in [3.63, 3.8) is 0 Å². The van der Waals surface area contributed by atoms with Crippen LogP contribution in [-0.2, 0) is 0 Å². The summed E-state index contributed by atoms with van der Waals surface area (Å²) in [5, 5.41) is 1.49. The van der Waals surface area contributed by atoms with E-state index in [-0.39, 0.29) is 0 Å². The van der Waals surface area contributed by atoms with Crippen LogP contribution in [0, 0.1) is 5.92 Å². The highest BCUT2D eigenvalue weighted by Gasteiger charge is 2.32. The van der Waals surface area contributed by atoms with Crippen LogP contribution in [0.25, 0.3) is 0 Å². The van der Waals surface area contributed by atoms with Crippen LogP contribution in [0.3, 0.4) is 0 Å². The molecule has 0 saturated carbocycles. The Kier molecular flexibility index (Phi) is 4.09. The molecule has 1 saturated heterocycles. The number of anilines is 1. The fourth-order valence-electron chi connectivity index (χ4n) is 2.15. The van der Waals surface area contributed by atoms with E-state index in [0.29, 0.717) is 23.0 Å². The van der Waals surface area contributed by atoms with Crippen LogP contribution in [0.15, 0.2) is 6.20 Å². The normalized spacial score (nSPS) is 24.1. The van der Waals surface area contributed by atoms with Gasteiger partial charge in [0.05, 0.1) is 13.3 Å². The van der Waals surface area contributed by atoms with Crippen LogP contribution in [0.4, 0.5) is 5.82 Å². The maximum atomic E-state index is 6.17. The van der Waals surface area contributed by atoms with E-state index in [0.717, 1.165) is 24.1 Å². The Bertz CT molecular complexity index is 404. The highest BCUT2D eigenvalue weighted by Crippen LogP contribution is 2.34. The van der Waals surface area contributed by atoms with E-state index in [1.807, 2.05) is 0 Å². The van der Waals surface area contributed by atoms with Crippen LogP contribution in [0.2, 0.25) is 5.02 Å². The molecule has 1 aromatic heterocycles. The molecule has 2 unspecified atom stereocenters. The fraction of sp³-hybridized carbons (Fsp3) is 0.636. The molecule has 0 amide bonds. The molecule has 2 heterocycles. The monoisotopic (exact) mass is 319 g/mol. The van der Waals surface area contributed by atoms with Gasteiger partial charge < -0.3 is 9.64 Å². The van der Waals surface area contributed by atoms with E-state index >= 15 is 0 Å². The summed E-state index contributed by atoms with van der Waals surface area (Å²) < 4.78 is 5.05. The number of hydrogen-bond acceptors (Lipinski definition) is 4. The van der Waals surface area contributed by atoms with Gasteiger partial charge in [0.25, 0.3) is 0 Å². The van der Waals surface area contributed by atoms with Gasteiger partial charge in [-0.3, -0.25) is 0 Å². The van der Waals surface area contributed by atoms with Gasteiger partial charge >= 0.3 is 6.01 Å². The van der Waals surface area contributed by atoms with Crippen molar-refractivity contribution in [2.24, 2.45) is 5.92 Å². The second-order valence-electron chi connectivity index (χ2n) is 4.21. The molecule has 0 N–H and O–H groups in total. The Balaban J connectivity index is 2.32. The molecule has 0 aromatic carbocycles. The largest absolute Gasteiger partial charge is 0.467 e. The Morgan fingerprint density at radius 3 is 3.06 bits per heavy atom. The van der Waals surface area contributed by atoms with Crippen molar-refractivity contribution in [3.8, 4) is 6.01 Å². The van der Waals surface area contributed by atoms with Crippen molar-refractivity contribution in [3.05, 3.63) is 11.2 Å². The standard InChI is InChI=1S/C11H15BrClN3O/c1-7-3-4-16(9(7)5-12)10-8(13)6-14-11(15-10)17-2/h6-7,9H,3-5H2,1-2H3. The molecule has 2 rings (SSSR count). The van der Waals surface area contributed by atoms with Gasteiger partial charge in [-0.05, 0) is 12.3 Å². The summed E-state index contributed by atoms with van der Waals surface area (Å²) in [7, 11) is 1.56. The molecular weight excluding hydrogens is 305 g/mol. The summed E-state index contributed by atoms with van der Waals surface area (Å²) in [5.74, 6) is 1.40. The fourth-order valence-corrected chi connectivity index (χ4v) is 3.34. The average Bonchev–Trinajstić information content (AvgIpc) is 2.71. The third-order valence-corrected chi connectivity index (χ3v) is 4.13. The van der Waals surface area contributed by atoms with Crippen molar-refractivity contribution in [2.75, 3.05) is 23.9 Å². The summed E-state index contributed by atoms with van der Waals surface area (Å²) in [6.07, 6.45) is 2.75. The summed E-state index contributed by atoms with van der Waals surface area (Å²) in [6.45, 7) is 3.22. The number of rotatable bonds is 3. The van der Waals surface area contributed by atoms with Gasteiger partial charge in [-0.1, -0.05) is 34.5 Å². The molecule has 0 bridgehead atoms. The summed E-state index contributed by atoms with van der Waals surface area (Å²) in [5.41, 5.74) is 0. The Labute approximate surface area is 114 Å². The zero-order chi connectivity index (χ0) is 12.4. The zero-order valence-corrected chi connectivity index (χ0v) is 12.2. The summed E-state index contributed by atoms with van der Waals surface area (Å²) in [6, 6.07) is 0.782. The number of ether oxygens (including phenoxy) is 1.